The van der Waals surface area contributed by atoms with Crippen molar-refractivity contribution in [2.75, 3.05) is 20.8 Å². The molecular weight excluding hydrogens is 486 g/mol. The number of amides is 1. The lowest BCUT2D eigenvalue weighted by molar-refractivity contribution is -0.140. The first-order valence-electron chi connectivity index (χ1n) is 9.68. The largest absolute Gasteiger partial charge is 0.541 e. The van der Waals surface area contributed by atoms with Crippen LogP contribution in [0.15, 0.2) is 12.1 Å². The molecule has 0 spiro atoms. The second-order valence-electron chi connectivity index (χ2n) is 8.49. The lowest BCUT2D eigenvalue weighted by Crippen LogP contribution is -2.43. The van der Waals surface area contributed by atoms with Crippen LogP contribution in [0.25, 0.3) is 10.1 Å². The Hall–Kier alpha value is -1.58. The van der Waals surface area contributed by atoms with Crippen molar-refractivity contribution in [1.82, 2.24) is 5.32 Å². The maximum atomic E-state index is 12.7. The SMILES string of the molecule is COC(=O)CCNC(=O)c1sc2cc(OC)c(O[Si](C)(C)C(C)(C)C)cc2c1CBr. The molecule has 1 aromatic carbocycles. The molecule has 2 rings (SSSR count). The Morgan fingerprint density at radius 2 is 1.83 bits per heavy atom. The summed E-state index contributed by atoms with van der Waals surface area (Å²) in [5.74, 6) is 0.798. The molecule has 0 radical (unpaired) electrons. The van der Waals surface area contributed by atoms with E-state index in [1.54, 1.807) is 7.11 Å². The highest BCUT2D eigenvalue weighted by Gasteiger charge is 2.39. The van der Waals surface area contributed by atoms with Crippen LogP contribution in [-0.2, 0) is 14.9 Å². The monoisotopic (exact) mass is 515 g/mol. The van der Waals surface area contributed by atoms with E-state index in [4.69, 9.17) is 9.16 Å². The number of hydrogen-bond acceptors (Lipinski definition) is 6. The predicted octanol–water partition coefficient (Wildman–Crippen LogP) is 5.48. The topological polar surface area (TPSA) is 73.9 Å². The molecule has 30 heavy (non-hydrogen) atoms. The quantitative estimate of drug-likeness (QED) is 0.286. The van der Waals surface area contributed by atoms with E-state index < -0.39 is 8.32 Å². The lowest BCUT2D eigenvalue weighted by Gasteiger charge is -2.36. The van der Waals surface area contributed by atoms with Crippen LogP contribution in [-0.4, -0.2) is 41.0 Å². The number of halogens is 1. The van der Waals surface area contributed by atoms with Crippen molar-refractivity contribution in [1.29, 1.82) is 0 Å². The maximum absolute atomic E-state index is 12.7. The smallest absolute Gasteiger partial charge is 0.307 e. The zero-order valence-electron chi connectivity index (χ0n) is 18.6. The summed E-state index contributed by atoms with van der Waals surface area (Å²) in [7, 11) is 0.887. The van der Waals surface area contributed by atoms with Crippen LogP contribution in [0.1, 0.15) is 42.4 Å². The van der Waals surface area contributed by atoms with Crippen LogP contribution in [0.5, 0.6) is 11.5 Å². The highest BCUT2D eigenvalue weighted by Crippen LogP contribution is 2.44. The molecule has 0 saturated heterocycles. The Kier molecular flexibility index (Phi) is 7.98. The summed E-state index contributed by atoms with van der Waals surface area (Å²) in [4.78, 5) is 24.6. The number of rotatable bonds is 8. The minimum Gasteiger partial charge on any atom is -0.541 e. The van der Waals surface area contributed by atoms with Crippen molar-refractivity contribution in [2.45, 2.75) is 50.7 Å². The van der Waals surface area contributed by atoms with Crippen molar-refractivity contribution in [3.05, 3.63) is 22.6 Å². The average molecular weight is 517 g/mol. The first-order chi connectivity index (χ1) is 13.9. The molecule has 1 amide bonds. The van der Waals surface area contributed by atoms with Gasteiger partial charge in [-0.25, -0.2) is 0 Å². The summed E-state index contributed by atoms with van der Waals surface area (Å²) < 4.78 is 17.7. The van der Waals surface area contributed by atoms with Crippen LogP contribution in [0.2, 0.25) is 18.1 Å². The van der Waals surface area contributed by atoms with Crippen molar-refractivity contribution in [2.24, 2.45) is 0 Å². The number of nitrogens with one attached hydrogen (secondary N) is 1. The van der Waals surface area contributed by atoms with Crippen LogP contribution < -0.4 is 14.5 Å². The average Bonchev–Trinajstić information content (AvgIpc) is 3.03. The highest BCUT2D eigenvalue weighted by atomic mass is 79.9. The second-order valence-corrected chi connectivity index (χ2v) is 14.8. The molecule has 0 aliphatic carbocycles. The van der Waals surface area contributed by atoms with E-state index in [-0.39, 0.29) is 29.9 Å². The molecule has 166 valence electrons. The minimum absolute atomic E-state index is 0.0462. The summed E-state index contributed by atoms with van der Waals surface area (Å²) in [6.07, 6.45) is 0.134. The van der Waals surface area contributed by atoms with Gasteiger partial charge in [-0.05, 0) is 29.8 Å². The number of thiophene rings is 1. The molecular formula is C21H30BrNO5SSi. The molecule has 0 unspecified atom stereocenters. The predicted molar refractivity (Wildman–Crippen MR) is 128 cm³/mol. The maximum Gasteiger partial charge on any atom is 0.307 e. The zero-order valence-corrected chi connectivity index (χ0v) is 22.0. The van der Waals surface area contributed by atoms with Gasteiger partial charge in [-0.1, -0.05) is 36.7 Å². The van der Waals surface area contributed by atoms with Crippen LogP contribution >= 0.6 is 27.3 Å². The summed E-state index contributed by atoms with van der Waals surface area (Å²) in [5, 5.41) is 4.33. The fraction of sp³-hybridized carbons (Fsp3) is 0.524. The van der Waals surface area contributed by atoms with Gasteiger partial charge in [0.2, 0.25) is 0 Å². The van der Waals surface area contributed by atoms with Gasteiger partial charge in [0.25, 0.3) is 14.2 Å². The minimum atomic E-state index is -2.07. The van der Waals surface area contributed by atoms with Crippen molar-refractivity contribution >= 4 is 57.5 Å². The molecule has 1 heterocycles. The molecule has 0 fully saturated rings. The van der Waals surface area contributed by atoms with E-state index in [1.165, 1.54) is 18.4 Å². The first kappa shape index (κ1) is 24.7. The summed E-state index contributed by atoms with van der Waals surface area (Å²) in [6, 6.07) is 3.91. The Morgan fingerprint density at radius 3 is 2.37 bits per heavy atom. The number of ether oxygens (including phenoxy) is 2. The standard InChI is InChI=1S/C21H30BrNO5SSi/c1-21(2,3)30(6,7)28-16-10-13-14(12-22)19(29-17(13)11-15(16)26-4)20(25)23-9-8-18(24)27-5/h10-11H,8-9,12H2,1-7H3,(H,23,25). The summed E-state index contributed by atoms with van der Waals surface area (Å²) >= 11 is 4.92. The van der Waals surface area contributed by atoms with Gasteiger partial charge < -0.3 is 19.2 Å². The molecule has 0 aliphatic rings. The Bertz CT molecular complexity index is 936. The zero-order chi connectivity index (χ0) is 22.7. The van der Waals surface area contributed by atoms with Gasteiger partial charge >= 0.3 is 5.97 Å². The van der Waals surface area contributed by atoms with Crippen LogP contribution in [0.4, 0.5) is 0 Å². The molecule has 2 aromatic rings. The van der Waals surface area contributed by atoms with Gasteiger partial charge in [0.05, 0.1) is 25.5 Å². The Labute approximate surface area is 191 Å². The van der Waals surface area contributed by atoms with Gasteiger partial charge in [0, 0.05) is 28.0 Å². The third-order valence-corrected chi connectivity index (χ3v) is 11.5. The third kappa shape index (κ3) is 5.36. The molecule has 0 saturated carbocycles. The summed E-state index contributed by atoms with van der Waals surface area (Å²) in [5.41, 5.74) is 0.897. The molecule has 1 aromatic heterocycles. The van der Waals surface area contributed by atoms with Gasteiger partial charge in [-0.2, -0.15) is 0 Å². The number of hydrogen-bond donors (Lipinski definition) is 1. The van der Waals surface area contributed by atoms with E-state index in [1.807, 2.05) is 12.1 Å². The first-order valence-corrected chi connectivity index (χ1v) is 14.5. The number of carbonyl (C=O) groups excluding carboxylic acids is 2. The molecule has 9 heteroatoms. The number of fused-ring (bicyclic) bond motifs is 1. The second kappa shape index (κ2) is 9.70. The van der Waals surface area contributed by atoms with Gasteiger partial charge in [-0.15, -0.1) is 11.3 Å². The fourth-order valence-corrected chi connectivity index (χ4v) is 5.53. The third-order valence-electron chi connectivity index (χ3n) is 5.43. The number of alkyl halides is 1. The molecule has 6 nitrogen and oxygen atoms in total. The van der Waals surface area contributed by atoms with E-state index >= 15 is 0 Å². The molecule has 0 atom stereocenters. The van der Waals surface area contributed by atoms with E-state index in [9.17, 15) is 9.59 Å². The molecule has 0 aliphatic heterocycles. The van der Waals surface area contributed by atoms with E-state index in [2.05, 4.69) is 59.8 Å². The number of carbonyl (C=O) groups is 2. The van der Waals surface area contributed by atoms with Crippen molar-refractivity contribution in [3.8, 4) is 11.5 Å². The molecule has 1 N–H and O–H groups in total. The highest BCUT2D eigenvalue weighted by molar-refractivity contribution is 9.08. The van der Waals surface area contributed by atoms with Gasteiger partial charge in [0.15, 0.2) is 5.75 Å². The normalized spacial score (nSPS) is 12.0. The lowest BCUT2D eigenvalue weighted by atomic mass is 10.1. The fourth-order valence-electron chi connectivity index (χ4n) is 2.60. The molecule has 0 bridgehead atoms. The number of methoxy groups -OCH3 is 2. The van der Waals surface area contributed by atoms with Gasteiger partial charge in [0.1, 0.15) is 5.75 Å². The van der Waals surface area contributed by atoms with E-state index in [0.29, 0.717) is 21.7 Å². The Morgan fingerprint density at radius 1 is 1.17 bits per heavy atom. The number of benzene rings is 1. The van der Waals surface area contributed by atoms with Crippen molar-refractivity contribution in [3.63, 3.8) is 0 Å². The summed E-state index contributed by atoms with van der Waals surface area (Å²) in [6.45, 7) is 11.2. The van der Waals surface area contributed by atoms with Crippen LogP contribution in [0, 0.1) is 0 Å². The van der Waals surface area contributed by atoms with Crippen molar-refractivity contribution < 1.29 is 23.5 Å². The van der Waals surface area contributed by atoms with Gasteiger partial charge in [-0.3, -0.25) is 9.59 Å². The number of esters is 1. The Balaban J connectivity index is 2.43. The van der Waals surface area contributed by atoms with Crippen LogP contribution in [0.3, 0.4) is 0 Å². The van der Waals surface area contributed by atoms with E-state index in [0.717, 1.165) is 15.6 Å².